The number of aryl methyl sites for hydroxylation is 1. The fourth-order valence-electron chi connectivity index (χ4n) is 2.82. The van der Waals surface area contributed by atoms with Crippen LogP contribution in [0.2, 0.25) is 0 Å². The first kappa shape index (κ1) is 17.4. The highest BCUT2D eigenvalue weighted by Gasteiger charge is 2.12. The van der Waals surface area contributed by atoms with E-state index in [1.165, 1.54) is 24.3 Å². The summed E-state index contributed by atoms with van der Waals surface area (Å²) in [6, 6.07) is 18.4. The fourth-order valence-corrected chi connectivity index (χ4v) is 2.82. The second-order valence-corrected chi connectivity index (χ2v) is 6.33. The van der Waals surface area contributed by atoms with E-state index in [1.807, 2.05) is 25.1 Å². The van der Waals surface area contributed by atoms with E-state index in [2.05, 4.69) is 10.3 Å². The van der Waals surface area contributed by atoms with E-state index >= 15 is 0 Å². The lowest BCUT2D eigenvalue weighted by molar-refractivity contribution is -0.384. The lowest BCUT2D eigenvalue weighted by Gasteiger charge is -2.05. The van der Waals surface area contributed by atoms with Crippen LogP contribution < -0.4 is 5.32 Å². The van der Waals surface area contributed by atoms with Crippen LogP contribution >= 0.6 is 0 Å². The molecule has 0 bridgehead atoms. The molecule has 0 saturated carbocycles. The van der Waals surface area contributed by atoms with Crippen LogP contribution in [0.4, 0.5) is 11.4 Å². The maximum atomic E-state index is 12.3. The number of anilines is 1. The van der Waals surface area contributed by atoms with Crippen LogP contribution in [-0.4, -0.2) is 15.8 Å². The molecule has 3 aromatic carbocycles. The molecular weight excluding hydrogens is 358 g/mol. The van der Waals surface area contributed by atoms with E-state index in [0.717, 1.165) is 16.6 Å². The highest BCUT2D eigenvalue weighted by atomic mass is 16.6. The summed E-state index contributed by atoms with van der Waals surface area (Å²) in [6.07, 6.45) is 0. The molecule has 0 saturated heterocycles. The lowest BCUT2D eigenvalue weighted by atomic mass is 10.1. The number of hydrogen-bond acceptors (Lipinski definition) is 5. The first-order chi connectivity index (χ1) is 13.5. The summed E-state index contributed by atoms with van der Waals surface area (Å²) in [5.74, 6) is 0.0750. The molecule has 0 aliphatic rings. The van der Waals surface area contributed by atoms with E-state index < -0.39 is 10.8 Å². The molecule has 1 heterocycles. The van der Waals surface area contributed by atoms with Crippen LogP contribution in [0, 0.1) is 17.0 Å². The van der Waals surface area contributed by atoms with Gasteiger partial charge in [0.15, 0.2) is 5.58 Å². The number of nitrogens with one attached hydrogen (secondary N) is 1. The molecule has 0 spiro atoms. The number of nitrogens with zero attached hydrogens (tertiary/aromatic N) is 2. The van der Waals surface area contributed by atoms with Crippen LogP contribution in [0.25, 0.3) is 22.6 Å². The van der Waals surface area contributed by atoms with E-state index in [0.29, 0.717) is 17.2 Å². The summed E-state index contributed by atoms with van der Waals surface area (Å²) >= 11 is 0. The molecule has 4 rings (SSSR count). The van der Waals surface area contributed by atoms with Gasteiger partial charge >= 0.3 is 0 Å². The van der Waals surface area contributed by atoms with Gasteiger partial charge in [0.2, 0.25) is 5.89 Å². The minimum Gasteiger partial charge on any atom is -0.436 e. The van der Waals surface area contributed by atoms with Gasteiger partial charge in [-0.05, 0) is 55.0 Å². The zero-order valence-corrected chi connectivity index (χ0v) is 14.9. The van der Waals surface area contributed by atoms with Gasteiger partial charge in [-0.2, -0.15) is 0 Å². The number of carbonyl (C=O) groups is 1. The Labute approximate surface area is 159 Å². The Kier molecular flexibility index (Phi) is 4.33. The maximum Gasteiger partial charge on any atom is 0.270 e. The molecule has 0 unspecified atom stereocenters. The third kappa shape index (κ3) is 3.45. The predicted molar refractivity (Wildman–Crippen MR) is 105 cm³/mol. The molecule has 28 heavy (non-hydrogen) atoms. The number of amides is 1. The van der Waals surface area contributed by atoms with Crippen molar-refractivity contribution in [2.75, 3.05) is 5.32 Å². The van der Waals surface area contributed by atoms with E-state index in [9.17, 15) is 14.9 Å². The quantitative estimate of drug-likeness (QED) is 0.402. The van der Waals surface area contributed by atoms with Crippen LogP contribution in [0.5, 0.6) is 0 Å². The van der Waals surface area contributed by atoms with Gasteiger partial charge < -0.3 is 9.73 Å². The molecule has 1 amide bonds. The minimum absolute atomic E-state index is 0.130. The average Bonchev–Trinajstić information content (AvgIpc) is 3.11. The molecule has 138 valence electrons. The zero-order chi connectivity index (χ0) is 19.7. The predicted octanol–water partition coefficient (Wildman–Crippen LogP) is 4.96. The van der Waals surface area contributed by atoms with Gasteiger partial charge in [0.05, 0.1) is 4.92 Å². The molecule has 0 radical (unpaired) electrons. The highest BCUT2D eigenvalue weighted by Crippen LogP contribution is 2.26. The van der Waals surface area contributed by atoms with Crippen molar-refractivity contribution in [1.82, 2.24) is 4.98 Å². The number of non-ortho nitro benzene ring substituents is 1. The molecule has 7 nitrogen and oxygen atoms in total. The Morgan fingerprint density at radius 2 is 1.86 bits per heavy atom. The molecule has 0 atom stereocenters. The van der Waals surface area contributed by atoms with Crippen molar-refractivity contribution in [3.05, 3.63) is 88.0 Å². The second kappa shape index (κ2) is 6.96. The van der Waals surface area contributed by atoms with Gasteiger partial charge in [-0.25, -0.2) is 4.98 Å². The van der Waals surface area contributed by atoms with Crippen molar-refractivity contribution in [2.24, 2.45) is 0 Å². The number of rotatable bonds is 4. The number of hydrogen-bond donors (Lipinski definition) is 1. The first-order valence-corrected chi connectivity index (χ1v) is 8.53. The summed E-state index contributed by atoms with van der Waals surface area (Å²) in [4.78, 5) is 27.1. The van der Waals surface area contributed by atoms with Gasteiger partial charge in [0, 0.05) is 28.9 Å². The SMILES string of the molecule is Cc1ccc2oc(-c3ccc(NC(=O)c4cccc([N+](=O)[O-])c4)cc3)nc2c1. The third-order valence-corrected chi connectivity index (χ3v) is 4.25. The second-order valence-electron chi connectivity index (χ2n) is 6.33. The number of oxazole rings is 1. The summed E-state index contributed by atoms with van der Waals surface area (Å²) in [5.41, 5.74) is 4.03. The Morgan fingerprint density at radius 3 is 2.61 bits per heavy atom. The van der Waals surface area contributed by atoms with Crippen molar-refractivity contribution in [2.45, 2.75) is 6.92 Å². The molecule has 1 aromatic heterocycles. The summed E-state index contributed by atoms with van der Waals surface area (Å²) in [7, 11) is 0. The van der Waals surface area contributed by atoms with Gasteiger partial charge in [-0.1, -0.05) is 12.1 Å². The zero-order valence-electron chi connectivity index (χ0n) is 14.9. The largest absolute Gasteiger partial charge is 0.436 e. The monoisotopic (exact) mass is 373 g/mol. The smallest absolute Gasteiger partial charge is 0.270 e. The third-order valence-electron chi connectivity index (χ3n) is 4.25. The van der Waals surface area contributed by atoms with Crippen LogP contribution in [0.15, 0.2) is 71.1 Å². The number of nitro benzene ring substituents is 1. The average molecular weight is 373 g/mol. The Bertz CT molecular complexity index is 1200. The summed E-state index contributed by atoms with van der Waals surface area (Å²) < 4.78 is 5.77. The van der Waals surface area contributed by atoms with E-state index in [1.54, 1.807) is 24.3 Å². The van der Waals surface area contributed by atoms with Crippen molar-refractivity contribution >= 4 is 28.4 Å². The lowest BCUT2D eigenvalue weighted by Crippen LogP contribution is -2.11. The van der Waals surface area contributed by atoms with Crippen LogP contribution in [0.1, 0.15) is 15.9 Å². The van der Waals surface area contributed by atoms with E-state index in [-0.39, 0.29) is 11.3 Å². The number of nitro groups is 1. The van der Waals surface area contributed by atoms with Crippen molar-refractivity contribution in [3.8, 4) is 11.5 Å². The Hall–Kier alpha value is -4.00. The molecule has 7 heteroatoms. The first-order valence-electron chi connectivity index (χ1n) is 8.53. The van der Waals surface area contributed by atoms with Crippen LogP contribution in [0.3, 0.4) is 0 Å². The van der Waals surface area contributed by atoms with Crippen molar-refractivity contribution < 1.29 is 14.1 Å². The summed E-state index contributed by atoms with van der Waals surface area (Å²) in [5, 5.41) is 13.6. The number of fused-ring (bicyclic) bond motifs is 1. The molecule has 0 aliphatic heterocycles. The van der Waals surface area contributed by atoms with Gasteiger partial charge in [-0.3, -0.25) is 14.9 Å². The van der Waals surface area contributed by atoms with E-state index in [4.69, 9.17) is 4.42 Å². The van der Waals surface area contributed by atoms with Crippen molar-refractivity contribution in [3.63, 3.8) is 0 Å². The van der Waals surface area contributed by atoms with Gasteiger partial charge in [-0.15, -0.1) is 0 Å². The number of carbonyl (C=O) groups excluding carboxylic acids is 1. The molecule has 0 aliphatic carbocycles. The van der Waals surface area contributed by atoms with Gasteiger partial charge in [0.25, 0.3) is 11.6 Å². The Balaban J connectivity index is 1.53. The number of benzene rings is 3. The molecule has 0 fully saturated rings. The summed E-state index contributed by atoms with van der Waals surface area (Å²) in [6.45, 7) is 1.99. The normalized spacial score (nSPS) is 10.8. The molecule has 4 aromatic rings. The number of aromatic nitrogens is 1. The fraction of sp³-hybridized carbons (Fsp3) is 0.0476. The molecular formula is C21H15N3O4. The topological polar surface area (TPSA) is 98.3 Å². The standard InChI is InChI=1S/C21H15N3O4/c1-13-5-10-19-18(11-13)23-21(28-19)14-6-8-16(9-7-14)22-20(25)15-3-2-4-17(12-15)24(26)27/h2-12H,1H3,(H,22,25). The van der Waals surface area contributed by atoms with Crippen LogP contribution in [-0.2, 0) is 0 Å². The molecule has 1 N–H and O–H groups in total. The van der Waals surface area contributed by atoms with Crippen molar-refractivity contribution in [1.29, 1.82) is 0 Å². The Morgan fingerprint density at radius 1 is 1.07 bits per heavy atom. The maximum absolute atomic E-state index is 12.3. The minimum atomic E-state index is -0.534. The van der Waals surface area contributed by atoms with Gasteiger partial charge in [0.1, 0.15) is 5.52 Å². The highest BCUT2D eigenvalue weighted by molar-refractivity contribution is 6.04.